The fourth-order valence-corrected chi connectivity index (χ4v) is 2.33. The van der Waals surface area contributed by atoms with Gasteiger partial charge in [-0.25, -0.2) is 0 Å². The summed E-state index contributed by atoms with van der Waals surface area (Å²) in [5.74, 6) is 1.38. The van der Waals surface area contributed by atoms with E-state index in [9.17, 15) is 4.79 Å². The topological polar surface area (TPSA) is 42.1 Å². The SMILES string of the molecule is CC(CC(C)C(C)(C)C)Oc1ccc2ccc(=O)[nH]c2c1. The number of benzene rings is 1. The summed E-state index contributed by atoms with van der Waals surface area (Å²) in [6.45, 7) is 11.1. The van der Waals surface area contributed by atoms with Gasteiger partial charge in [-0.1, -0.05) is 27.7 Å². The molecule has 2 rings (SSSR count). The van der Waals surface area contributed by atoms with Crippen LogP contribution in [0.5, 0.6) is 5.75 Å². The average Bonchev–Trinajstić information content (AvgIpc) is 2.36. The zero-order valence-electron chi connectivity index (χ0n) is 13.6. The monoisotopic (exact) mass is 287 g/mol. The van der Waals surface area contributed by atoms with E-state index in [1.807, 2.05) is 24.3 Å². The lowest BCUT2D eigenvalue weighted by molar-refractivity contribution is 0.142. The second kappa shape index (κ2) is 5.92. The van der Waals surface area contributed by atoms with Crippen molar-refractivity contribution in [3.63, 3.8) is 0 Å². The Morgan fingerprint density at radius 1 is 1.14 bits per heavy atom. The van der Waals surface area contributed by atoms with Crippen molar-refractivity contribution in [2.75, 3.05) is 0 Å². The Labute approximate surface area is 126 Å². The van der Waals surface area contributed by atoms with E-state index in [4.69, 9.17) is 4.74 Å². The zero-order valence-corrected chi connectivity index (χ0v) is 13.6. The summed E-state index contributed by atoms with van der Waals surface area (Å²) in [7, 11) is 0. The maximum Gasteiger partial charge on any atom is 0.248 e. The van der Waals surface area contributed by atoms with Gasteiger partial charge in [0.25, 0.3) is 0 Å². The highest BCUT2D eigenvalue weighted by atomic mass is 16.5. The lowest BCUT2D eigenvalue weighted by Crippen LogP contribution is -2.24. The van der Waals surface area contributed by atoms with Gasteiger partial charge in [0.15, 0.2) is 0 Å². The predicted octanol–water partition coefficient (Wildman–Crippen LogP) is 4.37. The largest absolute Gasteiger partial charge is 0.491 e. The van der Waals surface area contributed by atoms with Gasteiger partial charge in [0.2, 0.25) is 5.56 Å². The first kappa shape index (κ1) is 15.6. The average molecular weight is 287 g/mol. The molecule has 0 fully saturated rings. The molecule has 0 saturated carbocycles. The van der Waals surface area contributed by atoms with E-state index in [-0.39, 0.29) is 17.1 Å². The summed E-state index contributed by atoms with van der Waals surface area (Å²) in [6, 6.07) is 9.19. The van der Waals surface area contributed by atoms with E-state index in [1.54, 1.807) is 0 Å². The van der Waals surface area contributed by atoms with Crippen molar-refractivity contribution in [1.29, 1.82) is 0 Å². The lowest BCUT2D eigenvalue weighted by Gasteiger charge is -2.29. The quantitative estimate of drug-likeness (QED) is 0.907. The van der Waals surface area contributed by atoms with Crippen LogP contribution in [0.25, 0.3) is 10.9 Å². The minimum absolute atomic E-state index is 0.0888. The summed E-state index contributed by atoms with van der Waals surface area (Å²) in [6.07, 6.45) is 1.15. The van der Waals surface area contributed by atoms with Crippen LogP contribution in [0.15, 0.2) is 35.1 Å². The molecule has 0 radical (unpaired) electrons. The van der Waals surface area contributed by atoms with Gasteiger partial charge < -0.3 is 9.72 Å². The molecule has 0 saturated heterocycles. The molecule has 0 aliphatic rings. The van der Waals surface area contributed by atoms with Crippen LogP contribution >= 0.6 is 0 Å². The van der Waals surface area contributed by atoms with E-state index < -0.39 is 0 Å². The van der Waals surface area contributed by atoms with E-state index in [0.717, 1.165) is 23.1 Å². The van der Waals surface area contributed by atoms with Crippen molar-refractivity contribution in [2.24, 2.45) is 11.3 Å². The van der Waals surface area contributed by atoms with E-state index in [2.05, 4.69) is 39.6 Å². The fraction of sp³-hybridized carbons (Fsp3) is 0.500. The van der Waals surface area contributed by atoms with E-state index in [0.29, 0.717) is 5.92 Å². The third-order valence-electron chi connectivity index (χ3n) is 4.20. The van der Waals surface area contributed by atoms with Crippen LogP contribution in [-0.4, -0.2) is 11.1 Å². The number of pyridine rings is 1. The molecular formula is C18H25NO2. The van der Waals surface area contributed by atoms with Crippen molar-refractivity contribution in [3.05, 3.63) is 40.7 Å². The van der Waals surface area contributed by atoms with Crippen LogP contribution in [0, 0.1) is 11.3 Å². The van der Waals surface area contributed by atoms with Gasteiger partial charge in [0, 0.05) is 12.1 Å². The number of fused-ring (bicyclic) bond motifs is 1. The van der Waals surface area contributed by atoms with Crippen molar-refractivity contribution in [1.82, 2.24) is 4.98 Å². The van der Waals surface area contributed by atoms with Gasteiger partial charge in [0.1, 0.15) is 5.75 Å². The molecule has 0 aliphatic carbocycles. The molecule has 114 valence electrons. The third-order valence-corrected chi connectivity index (χ3v) is 4.20. The number of aromatic nitrogens is 1. The molecular weight excluding hydrogens is 262 g/mol. The molecule has 0 amide bonds. The summed E-state index contributed by atoms with van der Waals surface area (Å²) in [4.78, 5) is 14.2. The van der Waals surface area contributed by atoms with Crippen LogP contribution < -0.4 is 10.3 Å². The molecule has 3 heteroatoms. The first-order chi connectivity index (χ1) is 9.75. The van der Waals surface area contributed by atoms with Crippen LogP contribution in [0.3, 0.4) is 0 Å². The number of hydrogen-bond donors (Lipinski definition) is 1. The standard InChI is InChI=1S/C18H25NO2/c1-12(18(3,4)5)10-13(2)21-15-8-6-14-7-9-17(20)19-16(14)11-15/h6-9,11-13H,10H2,1-5H3,(H,19,20). The lowest BCUT2D eigenvalue weighted by atomic mass is 9.79. The maximum absolute atomic E-state index is 11.4. The second-order valence-corrected chi connectivity index (χ2v) is 7.00. The first-order valence-electron chi connectivity index (χ1n) is 7.55. The second-order valence-electron chi connectivity index (χ2n) is 7.00. The Kier molecular flexibility index (Phi) is 4.40. The summed E-state index contributed by atoms with van der Waals surface area (Å²) in [5, 5.41) is 1.01. The van der Waals surface area contributed by atoms with Gasteiger partial charge >= 0.3 is 0 Å². The summed E-state index contributed by atoms with van der Waals surface area (Å²) in [5.41, 5.74) is 1.01. The van der Waals surface area contributed by atoms with Gasteiger partial charge in [-0.15, -0.1) is 0 Å². The Morgan fingerprint density at radius 3 is 2.48 bits per heavy atom. The Morgan fingerprint density at radius 2 is 1.81 bits per heavy atom. The summed E-state index contributed by atoms with van der Waals surface area (Å²) < 4.78 is 6.01. The summed E-state index contributed by atoms with van der Waals surface area (Å²) >= 11 is 0. The van der Waals surface area contributed by atoms with Crippen LogP contribution in [0.1, 0.15) is 41.0 Å². The molecule has 1 aromatic heterocycles. The number of nitrogens with one attached hydrogen (secondary N) is 1. The highest BCUT2D eigenvalue weighted by Gasteiger charge is 2.22. The molecule has 21 heavy (non-hydrogen) atoms. The predicted molar refractivity (Wildman–Crippen MR) is 87.9 cm³/mol. The van der Waals surface area contributed by atoms with Crippen molar-refractivity contribution < 1.29 is 4.74 Å². The van der Waals surface area contributed by atoms with Crippen molar-refractivity contribution >= 4 is 10.9 Å². The van der Waals surface area contributed by atoms with Crippen molar-refractivity contribution in [3.8, 4) is 5.75 Å². The van der Waals surface area contributed by atoms with Crippen LogP contribution in [-0.2, 0) is 0 Å². The smallest absolute Gasteiger partial charge is 0.248 e. The molecule has 1 heterocycles. The van der Waals surface area contributed by atoms with Crippen LogP contribution in [0.2, 0.25) is 0 Å². The van der Waals surface area contributed by atoms with Crippen LogP contribution in [0.4, 0.5) is 0 Å². The molecule has 1 aromatic carbocycles. The van der Waals surface area contributed by atoms with Gasteiger partial charge in [-0.2, -0.15) is 0 Å². The van der Waals surface area contributed by atoms with Gasteiger partial charge in [-0.3, -0.25) is 4.79 Å². The minimum atomic E-state index is -0.0888. The Hall–Kier alpha value is -1.77. The van der Waals surface area contributed by atoms with E-state index in [1.165, 1.54) is 6.07 Å². The number of aromatic amines is 1. The molecule has 2 unspecified atom stereocenters. The molecule has 0 spiro atoms. The van der Waals surface area contributed by atoms with Gasteiger partial charge in [0.05, 0.1) is 11.6 Å². The number of ether oxygens (including phenoxy) is 1. The number of rotatable bonds is 4. The fourth-order valence-electron chi connectivity index (χ4n) is 2.33. The third kappa shape index (κ3) is 4.10. The highest BCUT2D eigenvalue weighted by Crippen LogP contribution is 2.30. The highest BCUT2D eigenvalue weighted by molar-refractivity contribution is 5.79. The maximum atomic E-state index is 11.4. The zero-order chi connectivity index (χ0) is 15.6. The molecule has 1 N–H and O–H groups in total. The number of H-pyrrole nitrogens is 1. The minimum Gasteiger partial charge on any atom is -0.491 e. The molecule has 0 aliphatic heterocycles. The molecule has 0 bridgehead atoms. The normalized spacial score (nSPS) is 14.9. The Balaban J connectivity index is 2.10. The Bertz CT molecular complexity index is 667. The number of hydrogen-bond acceptors (Lipinski definition) is 2. The molecule has 2 atom stereocenters. The molecule has 2 aromatic rings. The van der Waals surface area contributed by atoms with E-state index >= 15 is 0 Å². The first-order valence-corrected chi connectivity index (χ1v) is 7.55. The molecule has 3 nitrogen and oxygen atoms in total. The van der Waals surface area contributed by atoms with Crippen molar-refractivity contribution in [2.45, 2.75) is 47.1 Å². The van der Waals surface area contributed by atoms with Gasteiger partial charge in [-0.05, 0) is 48.3 Å².